The van der Waals surface area contributed by atoms with E-state index in [2.05, 4.69) is 28.2 Å². The Morgan fingerprint density at radius 2 is 2.06 bits per heavy atom. The normalized spacial score (nSPS) is 20.7. The third kappa shape index (κ3) is 3.76. The summed E-state index contributed by atoms with van der Waals surface area (Å²) in [6.07, 6.45) is 7.20. The molecule has 1 N–H and O–H groups in total. The molecule has 0 spiro atoms. The summed E-state index contributed by atoms with van der Waals surface area (Å²) in [4.78, 5) is 11.8. The van der Waals surface area contributed by atoms with Gasteiger partial charge in [-0.15, -0.1) is 0 Å². The fourth-order valence-corrected chi connectivity index (χ4v) is 3.25. The lowest BCUT2D eigenvalue weighted by Crippen LogP contribution is -2.39. The van der Waals surface area contributed by atoms with E-state index in [0.717, 1.165) is 24.7 Å². The van der Waals surface area contributed by atoms with E-state index in [-0.39, 0.29) is 11.8 Å². The number of amides is 1. The summed E-state index contributed by atoms with van der Waals surface area (Å²) in [5.41, 5.74) is 0.335. The second-order valence-corrected chi connectivity index (χ2v) is 5.81. The average Bonchev–Trinajstić information content (AvgIpc) is 2.75. The van der Waals surface area contributed by atoms with Crippen molar-refractivity contribution in [1.29, 1.82) is 0 Å². The van der Waals surface area contributed by atoms with Gasteiger partial charge in [0, 0.05) is 17.8 Å². The van der Waals surface area contributed by atoms with E-state index in [9.17, 15) is 4.79 Å². The lowest BCUT2D eigenvalue weighted by Gasteiger charge is -2.27. The maximum Gasteiger partial charge on any atom is 0.222 e. The molecule has 2 nitrogen and oxygen atoms in total. The molecule has 0 saturated heterocycles. The largest absolute Gasteiger partial charge is 0.355 e. The first-order chi connectivity index (χ1) is 7.63. The van der Waals surface area contributed by atoms with E-state index in [1.165, 1.54) is 25.7 Å². The van der Waals surface area contributed by atoms with Crippen molar-refractivity contribution in [3.63, 3.8) is 0 Å². The molecular formula is C13H24BrNO. The zero-order chi connectivity index (χ0) is 12.0. The first-order valence-corrected chi connectivity index (χ1v) is 7.59. The Bertz CT molecular complexity index is 224. The fraction of sp³-hybridized carbons (Fsp3) is 0.923. The number of hydrogen-bond donors (Lipinski definition) is 1. The van der Waals surface area contributed by atoms with E-state index in [4.69, 9.17) is 0 Å². The standard InChI is InChI=1S/C13H24BrNO/c1-3-6-11(2)12(16)15-10-13(9-14)7-4-5-8-13/h11H,3-10H2,1-2H3,(H,15,16). The average molecular weight is 290 g/mol. The molecule has 1 saturated carbocycles. The third-order valence-corrected chi connectivity index (χ3v) is 4.94. The van der Waals surface area contributed by atoms with Crippen molar-refractivity contribution in [1.82, 2.24) is 5.32 Å². The van der Waals surface area contributed by atoms with Gasteiger partial charge in [-0.05, 0) is 24.7 Å². The molecule has 1 fully saturated rings. The minimum absolute atomic E-state index is 0.166. The van der Waals surface area contributed by atoms with Crippen LogP contribution in [0, 0.1) is 11.3 Å². The fourth-order valence-electron chi connectivity index (χ4n) is 2.50. The summed E-state index contributed by atoms with van der Waals surface area (Å²) in [5, 5.41) is 4.15. The molecule has 0 bridgehead atoms. The lowest BCUT2D eigenvalue weighted by atomic mass is 9.88. The van der Waals surface area contributed by atoms with Crippen molar-refractivity contribution >= 4 is 21.8 Å². The molecule has 1 aliphatic rings. The van der Waals surface area contributed by atoms with Crippen LogP contribution < -0.4 is 5.32 Å². The van der Waals surface area contributed by atoms with Crippen LogP contribution in [0.25, 0.3) is 0 Å². The first kappa shape index (κ1) is 14.0. The number of halogens is 1. The van der Waals surface area contributed by atoms with E-state index < -0.39 is 0 Å². The molecule has 94 valence electrons. The zero-order valence-electron chi connectivity index (χ0n) is 10.5. The molecule has 0 aromatic heterocycles. The van der Waals surface area contributed by atoms with Crippen molar-refractivity contribution in [3.05, 3.63) is 0 Å². The number of carbonyl (C=O) groups is 1. The van der Waals surface area contributed by atoms with Crippen LogP contribution in [0.5, 0.6) is 0 Å². The van der Waals surface area contributed by atoms with Crippen LogP contribution in [0.2, 0.25) is 0 Å². The summed E-state index contributed by atoms with van der Waals surface area (Å²) in [5.74, 6) is 0.396. The number of alkyl halides is 1. The number of hydrogen-bond acceptors (Lipinski definition) is 1. The maximum absolute atomic E-state index is 11.8. The summed E-state index contributed by atoms with van der Waals surface area (Å²) in [7, 11) is 0. The molecule has 0 heterocycles. The molecule has 0 aromatic rings. The highest BCUT2D eigenvalue weighted by atomic mass is 79.9. The molecular weight excluding hydrogens is 266 g/mol. The molecule has 1 unspecified atom stereocenters. The first-order valence-electron chi connectivity index (χ1n) is 6.47. The smallest absolute Gasteiger partial charge is 0.222 e. The van der Waals surface area contributed by atoms with Crippen LogP contribution in [-0.4, -0.2) is 17.8 Å². The Labute approximate surface area is 108 Å². The Kier molecular flexibility index (Phi) is 5.81. The van der Waals surface area contributed by atoms with Gasteiger partial charge in [0.05, 0.1) is 0 Å². The third-order valence-electron chi connectivity index (χ3n) is 3.75. The number of carbonyl (C=O) groups excluding carboxylic acids is 1. The van der Waals surface area contributed by atoms with Crippen molar-refractivity contribution in [3.8, 4) is 0 Å². The predicted octanol–water partition coefficient (Wildman–Crippen LogP) is 3.49. The van der Waals surface area contributed by atoms with Gasteiger partial charge in [-0.2, -0.15) is 0 Å². The van der Waals surface area contributed by atoms with Gasteiger partial charge in [-0.25, -0.2) is 0 Å². The molecule has 1 amide bonds. The maximum atomic E-state index is 11.8. The molecule has 0 aromatic carbocycles. The zero-order valence-corrected chi connectivity index (χ0v) is 12.1. The van der Waals surface area contributed by atoms with Crippen LogP contribution in [-0.2, 0) is 4.79 Å². The molecule has 1 aliphatic carbocycles. The Morgan fingerprint density at radius 1 is 1.44 bits per heavy atom. The van der Waals surface area contributed by atoms with Gasteiger partial charge >= 0.3 is 0 Å². The van der Waals surface area contributed by atoms with E-state index in [0.29, 0.717) is 5.41 Å². The lowest BCUT2D eigenvalue weighted by molar-refractivity contribution is -0.125. The summed E-state index contributed by atoms with van der Waals surface area (Å²) in [6, 6.07) is 0. The van der Waals surface area contributed by atoms with Gasteiger partial charge in [-0.1, -0.05) is 49.0 Å². The van der Waals surface area contributed by atoms with Gasteiger partial charge in [-0.3, -0.25) is 4.79 Å². The molecule has 0 radical (unpaired) electrons. The van der Waals surface area contributed by atoms with Crippen molar-refractivity contribution in [2.24, 2.45) is 11.3 Å². The summed E-state index contributed by atoms with van der Waals surface area (Å²) in [6.45, 7) is 5.00. The predicted molar refractivity (Wildman–Crippen MR) is 71.8 cm³/mol. The van der Waals surface area contributed by atoms with E-state index in [1.54, 1.807) is 0 Å². The SMILES string of the molecule is CCCC(C)C(=O)NCC1(CBr)CCCC1. The summed E-state index contributed by atoms with van der Waals surface area (Å²) < 4.78 is 0. The van der Waals surface area contributed by atoms with Crippen molar-refractivity contribution in [2.75, 3.05) is 11.9 Å². The number of nitrogens with one attached hydrogen (secondary N) is 1. The second kappa shape index (κ2) is 6.63. The van der Waals surface area contributed by atoms with E-state index >= 15 is 0 Å². The van der Waals surface area contributed by atoms with Crippen molar-refractivity contribution < 1.29 is 4.79 Å². The molecule has 1 rings (SSSR count). The highest BCUT2D eigenvalue weighted by Crippen LogP contribution is 2.38. The van der Waals surface area contributed by atoms with E-state index in [1.807, 2.05) is 6.92 Å². The Balaban J connectivity index is 2.35. The minimum atomic E-state index is 0.166. The highest BCUT2D eigenvalue weighted by molar-refractivity contribution is 9.09. The topological polar surface area (TPSA) is 29.1 Å². The minimum Gasteiger partial charge on any atom is -0.355 e. The molecule has 0 aliphatic heterocycles. The molecule has 3 heteroatoms. The molecule has 16 heavy (non-hydrogen) atoms. The highest BCUT2D eigenvalue weighted by Gasteiger charge is 2.33. The second-order valence-electron chi connectivity index (χ2n) is 5.25. The van der Waals surface area contributed by atoms with Crippen molar-refractivity contribution in [2.45, 2.75) is 52.4 Å². The van der Waals surface area contributed by atoms with Gasteiger partial charge in [0.2, 0.25) is 5.91 Å². The molecule has 1 atom stereocenters. The van der Waals surface area contributed by atoms with Crippen LogP contribution in [0.4, 0.5) is 0 Å². The van der Waals surface area contributed by atoms with Gasteiger partial charge in [0.15, 0.2) is 0 Å². The van der Waals surface area contributed by atoms with Gasteiger partial charge in [0.25, 0.3) is 0 Å². The Hall–Kier alpha value is -0.0500. The Morgan fingerprint density at radius 3 is 2.56 bits per heavy atom. The van der Waals surface area contributed by atoms with Crippen LogP contribution >= 0.6 is 15.9 Å². The van der Waals surface area contributed by atoms with Crippen LogP contribution in [0.3, 0.4) is 0 Å². The summed E-state index contributed by atoms with van der Waals surface area (Å²) >= 11 is 3.60. The van der Waals surface area contributed by atoms with Crippen LogP contribution in [0.1, 0.15) is 52.4 Å². The van der Waals surface area contributed by atoms with Crippen LogP contribution in [0.15, 0.2) is 0 Å². The van der Waals surface area contributed by atoms with Gasteiger partial charge < -0.3 is 5.32 Å². The van der Waals surface area contributed by atoms with Gasteiger partial charge in [0.1, 0.15) is 0 Å². The number of rotatable bonds is 6. The monoisotopic (exact) mass is 289 g/mol. The quantitative estimate of drug-likeness (QED) is 0.745.